The fourth-order valence-corrected chi connectivity index (χ4v) is 32.2. The first-order chi connectivity index (χ1) is 60.1. The molecule has 6 aliphatic rings. The summed E-state index contributed by atoms with van der Waals surface area (Å²) >= 11 is 24.1. The summed E-state index contributed by atoms with van der Waals surface area (Å²) < 4.78 is 210. The third kappa shape index (κ3) is 20.1. The molecule has 0 bridgehead atoms. The van der Waals surface area contributed by atoms with Crippen LogP contribution in [0.25, 0.3) is 44.5 Å². The van der Waals surface area contributed by atoms with Crippen molar-refractivity contribution in [1.29, 1.82) is 0 Å². The number of halogens is 16. The SMILES string of the molecule is ClC(Cl)(Cl)Cl.Fc1c(F)c(I)c(F)c(F)c1I.Fc1c(F)c(I)c(F)c(F)c1I.c1ccc2c(c1)OP1(=NP(Oc3ccncc3)(Oc3ccncc3)=NP3(=N1)Oc1ccccc1-c1ccccc1O3)Oc1ccccc1-2.c1ccc2c(c1)OP1(=NP(Oc3ccncc3)(Oc3ccncc3)=NP3(=N1)Oc1ccccc1-c1ccccc1O3)Oc1ccccc1-2. The van der Waals surface area contributed by atoms with Crippen LogP contribution in [0.2, 0.25) is 0 Å². The molecule has 10 aromatic carbocycles. The topological polar surface area (TPSA) is 236 Å². The summed E-state index contributed by atoms with van der Waals surface area (Å²) in [6.45, 7) is 0. The molecule has 0 aliphatic carbocycles. The summed E-state index contributed by atoms with van der Waals surface area (Å²) in [6, 6.07) is 74.8. The van der Waals surface area contributed by atoms with E-state index in [1.807, 2.05) is 194 Å². The zero-order chi connectivity index (χ0) is 87.5. The van der Waals surface area contributed by atoms with Crippen LogP contribution in [0.4, 0.5) is 35.1 Å². The molecule has 125 heavy (non-hydrogen) atoms. The Hall–Kier alpha value is -8.70. The van der Waals surface area contributed by atoms with E-state index in [0.29, 0.717) is 69.0 Å². The predicted octanol–water partition coefficient (Wildman–Crippen LogP) is 31.6. The maximum Gasteiger partial charge on any atom is 0.460 e. The Morgan fingerprint density at radius 1 is 0.224 bits per heavy atom. The predicted molar refractivity (Wildman–Crippen MR) is 498 cm³/mol. The minimum absolute atomic E-state index is 0.407. The molecule has 14 aromatic rings. The van der Waals surface area contributed by atoms with Crippen LogP contribution in [0.5, 0.6) is 69.0 Å². The van der Waals surface area contributed by atoms with Gasteiger partial charge in [0.1, 0.15) is 69.0 Å². The first-order valence-corrected chi connectivity index (χ1v) is 50.7. The van der Waals surface area contributed by atoms with Crippen LogP contribution in [0.3, 0.4) is 0 Å². The molecule has 636 valence electrons. The molecular formula is C81H48Cl4F8I4N10O12P6. The molecule has 0 fully saturated rings. The van der Waals surface area contributed by atoms with Crippen molar-refractivity contribution >= 4 is 183 Å². The lowest BCUT2D eigenvalue weighted by Gasteiger charge is -2.32. The zero-order valence-corrected chi connectivity index (χ0v) is 79.3. The Morgan fingerprint density at radius 2 is 0.368 bits per heavy atom. The standard InChI is InChI=1S/2C34H24N5O6P3.2C6F4I2.CCl4/c2*1-5-13-31-27(9-1)28-10-2-6-14-32(28)43-47(42-31)37-46(40-25-17-21-35-22-18-25,41-26-19-23-36-24-20-26)38-48(39-47)44-33-15-7-3-11-29(33)30-12-4-8-16-34(30)45-48;2*7-1-2(8)6(12)4(10)3(9)5(1)11;2-1(3,4)5/h2*1-24H;;;. The smallest absolute Gasteiger partial charge is 0.413 e. The van der Waals surface area contributed by atoms with Gasteiger partial charge in [-0.3, -0.25) is 19.9 Å². The van der Waals surface area contributed by atoms with E-state index in [-0.39, 0.29) is 0 Å². The lowest BCUT2D eigenvalue weighted by Crippen LogP contribution is -2.10. The van der Waals surface area contributed by atoms with Crippen molar-refractivity contribution in [3.8, 4) is 114 Å². The average molecular weight is 2340 g/mol. The van der Waals surface area contributed by atoms with Gasteiger partial charge in [-0.15, -0.1) is 0 Å². The summed E-state index contributed by atoms with van der Waals surface area (Å²) in [5, 5.41) is 0. The minimum atomic E-state index is -3.89. The number of benzene rings is 10. The van der Waals surface area contributed by atoms with E-state index in [0.717, 1.165) is 44.5 Å². The molecule has 44 heteroatoms. The van der Waals surface area contributed by atoms with Crippen molar-refractivity contribution in [2.45, 2.75) is 3.25 Å². The Bertz CT molecular complexity index is 5720. The van der Waals surface area contributed by atoms with E-state index in [4.69, 9.17) is 128 Å². The van der Waals surface area contributed by atoms with Crippen molar-refractivity contribution in [2.75, 3.05) is 0 Å². The summed E-state index contributed by atoms with van der Waals surface area (Å²) in [6.07, 6.45) is 12.9. The van der Waals surface area contributed by atoms with Gasteiger partial charge in [0.25, 0.3) is 3.25 Å². The fourth-order valence-electron chi connectivity index (χ4n) is 12.0. The van der Waals surface area contributed by atoms with Crippen molar-refractivity contribution in [1.82, 2.24) is 19.9 Å². The van der Waals surface area contributed by atoms with Crippen LogP contribution in [-0.4, -0.2) is 23.2 Å². The second-order valence-electron chi connectivity index (χ2n) is 25.5. The normalized spacial score (nSPS) is 15.4. The molecule has 4 aromatic heterocycles. The van der Waals surface area contributed by atoms with Crippen molar-refractivity contribution < 1.29 is 89.4 Å². The van der Waals surface area contributed by atoms with Gasteiger partial charge in [0.15, 0.2) is 46.5 Å². The van der Waals surface area contributed by atoms with E-state index in [9.17, 15) is 35.1 Å². The van der Waals surface area contributed by atoms with E-state index < -0.39 is 110 Å². The molecule has 10 heterocycles. The van der Waals surface area contributed by atoms with Crippen molar-refractivity contribution in [3.63, 3.8) is 0 Å². The van der Waals surface area contributed by atoms with Crippen LogP contribution in [-0.2, 0) is 0 Å². The monoisotopic (exact) mass is 2340 g/mol. The van der Waals surface area contributed by atoms with E-state index >= 15 is 0 Å². The first-order valence-electron chi connectivity index (χ1n) is 35.7. The average Bonchev–Trinajstić information content (AvgIpc) is 1.64. The highest BCUT2D eigenvalue weighted by atomic mass is 127. The lowest BCUT2D eigenvalue weighted by atomic mass is 10.0. The van der Waals surface area contributed by atoms with Crippen LogP contribution >= 0.6 is 183 Å². The minimum Gasteiger partial charge on any atom is -0.413 e. The van der Waals surface area contributed by atoms with Gasteiger partial charge in [-0.2, -0.15) is 0 Å². The molecule has 22 nitrogen and oxygen atoms in total. The number of hydrogen-bond acceptors (Lipinski definition) is 22. The van der Waals surface area contributed by atoms with Gasteiger partial charge in [0, 0.05) is 94.1 Å². The fraction of sp³-hybridized carbons (Fsp3) is 0.0123. The number of para-hydroxylation sites is 8. The highest BCUT2D eigenvalue weighted by molar-refractivity contribution is 14.1. The number of pyridine rings is 4. The second-order valence-corrected chi connectivity index (χ2v) is 45.6. The maximum absolute atomic E-state index is 12.6. The van der Waals surface area contributed by atoms with Gasteiger partial charge >= 0.3 is 46.0 Å². The summed E-state index contributed by atoms with van der Waals surface area (Å²) in [7, 11) is -23.1. The van der Waals surface area contributed by atoms with Crippen molar-refractivity contribution in [3.05, 3.63) is 353 Å². The van der Waals surface area contributed by atoms with Gasteiger partial charge in [0.2, 0.25) is 0 Å². The highest BCUT2D eigenvalue weighted by Crippen LogP contribution is 2.82. The van der Waals surface area contributed by atoms with Crippen molar-refractivity contribution in [2.24, 2.45) is 27.1 Å². The molecule has 0 atom stereocenters. The third-order valence-corrected chi connectivity index (χ3v) is 37.1. The van der Waals surface area contributed by atoms with Crippen LogP contribution < -0.4 is 54.3 Å². The molecule has 6 aliphatic heterocycles. The Morgan fingerprint density at radius 3 is 0.528 bits per heavy atom. The van der Waals surface area contributed by atoms with Crippen LogP contribution in [0, 0.1) is 60.8 Å². The number of fused-ring (bicyclic) bond motifs is 12. The highest BCUT2D eigenvalue weighted by Gasteiger charge is 2.53. The van der Waals surface area contributed by atoms with Crippen LogP contribution in [0.15, 0.2) is 319 Å². The molecular weight excluding hydrogens is 2290 g/mol. The number of aromatic nitrogens is 4. The molecule has 0 amide bonds. The third-order valence-electron chi connectivity index (χ3n) is 17.2. The Kier molecular flexibility index (Phi) is 27.2. The van der Waals surface area contributed by atoms with Gasteiger partial charge in [-0.05, 0) is 187 Å². The number of rotatable bonds is 8. The summed E-state index contributed by atoms with van der Waals surface area (Å²) in [5.74, 6) is -5.01. The molecule has 0 N–H and O–H groups in total. The first kappa shape index (κ1) is 89.7. The Balaban J connectivity index is 0.000000140. The molecule has 0 unspecified atom stereocenters. The van der Waals surface area contributed by atoms with Gasteiger partial charge in [0.05, 0.1) is 14.3 Å². The Labute approximate surface area is 781 Å². The summed E-state index contributed by atoms with van der Waals surface area (Å²) in [5.41, 5.74) is 6.54. The molecule has 20 rings (SSSR count). The van der Waals surface area contributed by atoms with E-state index in [1.165, 1.54) is 90.4 Å². The largest absolute Gasteiger partial charge is 0.460 e. The van der Waals surface area contributed by atoms with Gasteiger partial charge in [-0.25, -0.2) is 35.1 Å². The molecule has 0 radical (unpaired) electrons. The van der Waals surface area contributed by atoms with Crippen LogP contribution in [0.1, 0.15) is 0 Å². The number of hydrogen-bond donors (Lipinski definition) is 0. The number of alkyl halides is 4. The van der Waals surface area contributed by atoms with Gasteiger partial charge < -0.3 is 54.3 Å². The number of nitrogens with zero attached hydrogens (tertiary/aromatic N) is 10. The zero-order valence-electron chi connectivity index (χ0n) is 62.3. The van der Waals surface area contributed by atoms with E-state index in [2.05, 4.69) is 19.9 Å². The molecule has 4 spiro atoms. The van der Waals surface area contributed by atoms with E-state index in [1.54, 1.807) is 98.1 Å². The molecule has 0 saturated carbocycles. The quantitative estimate of drug-likeness (QED) is 0.0343. The lowest BCUT2D eigenvalue weighted by molar-refractivity contribution is 0.437. The second kappa shape index (κ2) is 37.9. The van der Waals surface area contributed by atoms with Gasteiger partial charge in [-0.1, -0.05) is 219 Å². The molecule has 0 saturated heterocycles. The maximum atomic E-state index is 12.6. The summed E-state index contributed by atoms with van der Waals surface area (Å²) in [4.78, 5) is 16.6.